The maximum absolute atomic E-state index is 12.4. The molecule has 1 atom stereocenters. The molecule has 0 aliphatic rings. The first-order valence-electron chi connectivity index (χ1n) is 7.46. The number of amides is 1. The van der Waals surface area contributed by atoms with Gasteiger partial charge in [-0.15, -0.1) is 11.8 Å². The number of aryl methyl sites for hydroxylation is 2. The molecular formula is C17H23N3OS. The molecule has 0 bridgehead atoms. The van der Waals surface area contributed by atoms with E-state index in [9.17, 15) is 4.79 Å². The van der Waals surface area contributed by atoms with E-state index >= 15 is 0 Å². The van der Waals surface area contributed by atoms with Gasteiger partial charge in [-0.25, -0.2) is 4.68 Å². The SMILES string of the molecule is Cc1ccc(C)c(S[C@@H](C)C(=O)Nc2ccnn2C(C)C)c1. The van der Waals surface area contributed by atoms with E-state index < -0.39 is 0 Å². The zero-order valence-electron chi connectivity index (χ0n) is 13.8. The van der Waals surface area contributed by atoms with Crippen LogP contribution in [0.4, 0.5) is 5.82 Å². The molecule has 1 N–H and O–H groups in total. The summed E-state index contributed by atoms with van der Waals surface area (Å²) in [6, 6.07) is 8.35. The molecule has 2 rings (SSSR count). The highest BCUT2D eigenvalue weighted by molar-refractivity contribution is 8.00. The molecule has 1 amide bonds. The number of hydrogen-bond acceptors (Lipinski definition) is 3. The van der Waals surface area contributed by atoms with E-state index in [-0.39, 0.29) is 17.2 Å². The minimum Gasteiger partial charge on any atom is -0.310 e. The molecule has 0 aliphatic carbocycles. The summed E-state index contributed by atoms with van der Waals surface area (Å²) < 4.78 is 1.81. The summed E-state index contributed by atoms with van der Waals surface area (Å²) >= 11 is 1.59. The maximum Gasteiger partial charge on any atom is 0.238 e. The van der Waals surface area contributed by atoms with Gasteiger partial charge in [-0.05, 0) is 46.2 Å². The second kappa shape index (κ2) is 7.01. The predicted octanol–water partition coefficient (Wildman–Crippen LogP) is 4.20. The average Bonchev–Trinajstić information content (AvgIpc) is 2.91. The van der Waals surface area contributed by atoms with E-state index in [0.29, 0.717) is 0 Å². The first kappa shape index (κ1) is 16.6. The molecule has 0 aliphatic heterocycles. The summed E-state index contributed by atoms with van der Waals surface area (Å²) in [7, 11) is 0. The number of nitrogens with one attached hydrogen (secondary N) is 1. The Kier molecular flexibility index (Phi) is 5.29. The van der Waals surface area contributed by atoms with Gasteiger partial charge in [0, 0.05) is 17.0 Å². The van der Waals surface area contributed by atoms with Crippen LogP contribution >= 0.6 is 11.8 Å². The predicted molar refractivity (Wildman–Crippen MR) is 92.5 cm³/mol. The summed E-state index contributed by atoms with van der Waals surface area (Å²) in [5.74, 6) is 0.738. The van der Waals surface area contributed by atoms with Crippen LogP contribution in [0.5, 0.6) is 0 Å². The Bertz CT molecular complexity index is 664. The van der Waals surface area contributed by atoms with Crippen molar-refractivity contribution in [3.63, 3.8) is 0 Å². The van der Waals surface area contributed by atoms with Crippen LogP contribution in [0, 0.1) is 13.8 Å². The number of benzene rings is 1. The van der Waals surface area contributed by atoms with Crippen LogP contribution in [0.25, 0.3) is 0 Å². The van der Waals surface area contributed by atoms with Crippen molar-refractivity contribution < 1.29 is 4.79 Å². The Morgan fingerprint density at radius 2 is 1.95 bits per heavy atom. The Balaban J connectivity index is 2.06. The van der Waals surface area contributed by atoms with Crippen molar-refractivity contribution in [2.24, 2.45) is 0 Å². The van der Waals surface area contributed by atoms with Crippen LogP contribution in [-0.2, 0) is 4.79 Å². The number of anilines is 1. The summed E-state index contributed by atoms with van der Waals surface area (Å²) in [5, 5.41) is 7.03. The fourth-order valence-electron chi connectivity index (χ4n) is 2.13. The third kappa shape index (κ3) is 3.91. The fourth-order valence-corrected chi connectivity index (χ4v) is 3.19. The summed E-state index contributed by atoms with van der Waals surface area (Å²) in [6.45, 7) is 10.1. The molecule has 0 fully saturated rings. The van der Waals surface area contributed by atoms with Gasteiger partial charge in [-0.2, -0.15) is 5.10 Å². The molecule has 1 aromatic heterocycles. The molecule has 118 valence electrons. The number of nitrogens with zero attached hydrogens (tertiary/aromatic N) is 2. The van der Waals surface area contributed by atoms with Gasteiger partial charge in [0.15, 0.2) is 0 Å². The third-order valence-corrected chi connectivity index (χ3v) is 4.69. The number of carbonyl (C=O) groups is 1. The highest BCUT2D eigenvalue weighted by Crippen LogP contribution is 2.28. The summed E-state index contributed by atoms with van der Waals surface area (Å²) in [4.78, 5) is 13.6. The lowest BCUT2D eigenvalue weighted by Gasteiger charge is -2.16. The van der Waals surface area contributed by atoms with Gasteiger partial charge in [-0.1, -0.05) is 17.7 Å². The number of rotatable bonds is 5. The topological polar surface area (TPSA) is 46.9 Å². The Morgan fingerprint density at radius 3 is 2.64 bits per heavy atom. The summed E-state index contributed by atoms with van der Waals surface area (Å²) in [6.07, 6.45) is 1.71. The minimum atomic E-state index is -0.170. The molecule has 1 aromatic carbocycles. The summed E-state index contributed by atoms with van der Waals surface area (Å²) in [5.41, 5.74) is 2.40. The van der Waals surface area contributed by atoms with E-state index in [4.69, 9.17) is 0 Å². The monoisotopic (exact) mass is 317 g/mol. The third-order valence-electron chi connectivity index (χ3n) is 3.43. The van der Waals surface area contributed by atoms with Crippen LogP contribution in [0.3, 0.4) is 0 Å². The smallest absolute Gasteiger partial charge is 0.238 e. The van der Waals surface area contributed by atoms with E-state index in [1.165, 1.54) is 11.1 Å². The lowest BCUT2D eigenvalue weighted by molar-refractivity contribution is -0.115. The van der Waals surface area contributed by atoms with Crippen molar-refractivity contribution in [2.45, 2.75) is 50.8 Å². The molecule has 22 heavy (non-hydrogen) atoms. The molecule has 0 saturated heterocycles. The lowest BCUT2D eigenvalue weighted by Crippen LogP contribution is -2.24. The standard InChI is InChI=1S/C17H23N3OS/c1-11(2)20-16(8-9-18-20)19-17(21)14(5)22-15-10-12(3)6-7-13(15)4/h6-11,14H,1-5H3,(H,19,21)/t14-/m0/s1. The molecule has 2 aromatic rings. The van der Waals surface area contributed by atoms with E-state index in [2.05, 4.69) is 42.5 Å². The Labute approximate surface area is 136 Å². The second-order valence-corrected chi connectivity index (χ2v) is 7.16. The number of hydrogen-bond donors (Lipinski definition) is 1. The van der Waals surface area contributed by atoms with Crippen LogP contribution in [0.15, 0.2) is 35.4 Å². The maximum atomic E-state index is 12.4. The largest absolute Gasteiger partial charge is 0.310 e. The van der Waals surface area contributed by atoms with E-state index in [1.807, 2.05) is 31.5 Å². The van der Waals surface area contributed by atoms with Gasteiger partial charge >= 0.3 is 0 Å². The molecule has 0 spiro atoms. The normalized spacial score (nSPS) is 12.5. The highest BCUT2D eigenvalue weighted by atomic mass is 32.2. The van der Waals surface area contributed by atoms with Gasteiger partial charge in [0.05, 0.1) is 11.4 Å². The van der Waals surface area contributed by atoms with Crippen molar-refractivity contribution >= 4 is 23.5 Å². The number of aromatic nitrogens is 2. The average molecular weight is 317 g/mol. The molecule has 0 saturated carbocycles. The van der Waals surface area contributed by atoms with Gasteiger partial charge < -0.3 is 5.32 Å². The van der Waals surface area contributed by atoms with Gasteiger partial charge in [-0.3, -0.25) is 4.79 Å². The van der Waals surface area contributed by atoms with Crippen LogP contribution < -0.4 is 5.32 Å². The van der Waals surface area contributed by atoms with Gasteiger partial charge in [0.1, 0.15) is 5.82 Å². The zero-order valence-corrected chi connectivity index (χ0v) is 14.6. The van der Waals surface area contributed by atoms with Crippen molar-refractivity contribution in [1.82, 2.24) is 9.78 Å². The van der Waals surface area contributed by atoms with Crippen LogP contribution in [0.2, 0.25) is 0 Å². The molecule has 0 radical (unpaired) electrons. The fraction of sp³-hybridized carbons (Fsp3) is 0.412. The van der Waals surface area contributed by atoms with E-state index in [1.54, 1.807) is 18.0 Å². The Hall–Kier alpha value is -1.75. The highest BCUT2D eigenvalue weighted by Gasteiger charge is 2.17. The van der Waals surface area contributed by atoms with Crippen molar-refractivity contribution in [2.75, 3.05) is 5.32 Å². The van der Waals surface area contributed by atoms with Gasteiger partial charge in [0.2, 0.25) is 5.91 Å². The van der Waals surface area contributed by atoms with Crippen molar-refractivity contribution in [1.29, 1.82) is 0 Å². The molecule has 4 nitrogen and oxygen atoms in total. The van der Waals surface area contributed by atoms with Crippen molar-refractivity contribution in [3.05, 3.63) is 41.6 Å². The number of thioether (sulfide) groups is 1. The van der Waals surface area contributed by atoms with Crippen LogP contribution in [0.1, 0.15) is 37.9 Å². The minimum absolute atomic E-state index is 0.00620. The molecule has 0 unspecified atom stereocenters. The molecular weight excluding hydrogens is 294 g/mol. The van der Waals surface area contributed by atoms with Crippen LogP contribution in [-0.4, -0.2) is 20.9 Å². The van der Waals surface area contributed by atoms with Crippen molar-refractivity contribution in [3.8, 4) is 0 Å². The zero-order chi connectivity index (χ0) is 16.3. The van der Waals surface area contributed by atoms with E-state index in [0.717, 1.165) is 10.7 Å². The molecule has 5 heteroatoms. The first-order valence-corrected chi connectivity index (χ1v) is 8.34. The first-order chi connectivity index (χ1) is 10.4. The second-order valence-electron chi connectivity index (χ2n) is 5.77. The molecule has 1 heterocycles. The lowest BCUT2D eigenvalue weighted by atomic mass is 10.2. The quantitative estimate of drug-likeness (QED) is 0.841. The van der Waals surface area contributed by atoms with Gasteiger partial charge in [0.25, 0.3) is 0 Å². The number of carbonyl (C=O) groups excluding carboxylic acids is 1. The Morgan fingerprint density at radius 1 is 1.23 bits per heavy atom.